The van der Waals surface area contributed by atoms with E-state index < -0.39 is 11.6 Å². The third-order valence-electron chi connectivity index (χ3n) is 6.62. The third-order valence-corrected chi connectivity index (χ3v) is 6.90. The third kappa shape index (κ3) is 4.94. The molecule has 0 saturated carbocycles. The maximum absolute atomic E-state index is 14.2. The van der Waals surface area contributed by atoms with Crippen LogP contribution in [0.15, 0.2) is 54.9 Å². The van der Waals surface area contributed by atoms with Crippen LogP contribution < -0.4 is 16.0 Å². The number of benzene rings is 2. The lowest BCUT2D eigenvalue weighted by Gasteiger charge is -2.31. The van der Waals surface area contributed by atoms with E-state index in [-0.39, 0.29) is 11.1 Å². The largest absolute Gasteiger partial charge is 0.504 e. The van der Waals surface area contributed by atoms with E-state index >= 15 is 0 Å². The van der Waals surface area contributed by atoms with E-state index in [0.717, 1.165) is 78.0 Å². The van der Waals surface area contributed by atoms with Crippen LogP contribution in [0.2, 0.25) is 5.02 Å². The molecule has 1 atom stereocenters. The van der Waals surface area contributed by atoms with Gasteiger partial charge in [-0.2, -0.15) is 0 Å². The number of anilines is 3. The molecule has 0 amide bonds. The summed E-state index contributed by atoms with van der Waals surface area (Å²) in [4.78, 5) is 11.6. The number of phenols is 1. The maximum atomic E-state index is 14.2. The molecule has 1 aliphatic rings. The Hall–Kier alpha value is -3.42. The zero-order valence-corrected chi connectivity index (χ0v) is 20.9. The summed E-state index contributed by atoms with van der Waals surface area (Å²) < 4.78 is 14.2. The monoisotopic (exact) mass is 505 g/mol. The summed E-state index contributed by atoms with van der Waals surface area (Å²) >= 11 is 6.04. The van der Waals surface area contributed by atoms with Gasteiger partial charge in [-0.15, -0.1) is 0 Å². The number of aromatic hydroxyl groups is 1. The lowest BCUT2D eigenvalue weighted by atomic mass is 9.99. The fourth-order valence-corrected chi connectivity index (χ4v) is 4.97. The summed E-state index contributed by atoms with van der Waals surface area (Å²) in [6.45, 7) is 3.92. The number of hydrogen-bond acceptors (Lipinski definition) is 6. The van der Waals surface area contributed by atoms with Gasteiger partial charge in [-0.25, -0.2) is 9.37 Å². The molecule has 0 bridgehead atoms. The highest BCUT2D eigenvalue weighted by molar-refractivity contribution is 6.32. The van der Waals surface area contributed by atoms with E-state index in [1.807, 2.05) is 42.7 Å². The second kappa shape index (κ2) is 10.3. The average molecular weight is 506 g/mol. The first-order valence-electron chi connectivity index (χ1n) is 12.3. The molecule has 0 radical (unpaired) electrons. The van der Waals surface area contributed by atoms with Gasteiger partial charge in [-0.3, -0.25) is 4.98 Å². The number of aryl methyl sites for hydroxylation is 1. The molecule has 8 heteroatoms. The first-order chi connectivity index (χ1) is 17.4. The van der Waals surface area contributed by atoms with Gasteiger partial charge in [0.25, 0.3) is 0 Å². The van der Waals surface area contributed by atoms with E-state index in [0.29, 0.717) is 5.56 Å². The van der Waals surface area contributed by atoms with Crippen molar-refractivity contribution < 1.29 is 9.50 Å². The molecule has 1 saturated heterocycles. The highest BCUT2D eigenvalue weighted by atomic mass is 35.5. The fourth-order valence-electron chi connectivity index (χ4n) is 4.76. The van der Waals surface area contributed by atoms with Gasteiger partial charge >= 0.3 is 0 Å². The minimum Gasteiger partial charge on any atom is -0.504 e. The predicted molar refractivity (Wildman–Crippen MR) is 145 cm³/mol. The molecule has 2 aromatic heterocycles. The van der Waals surface area contributed by atoms with Crippen molar-refractivity contribution in [2.45, 2.75) is 38.6 Å². The zero-order chi connectivity index (χ0) is 25.2. The van der Waals surface area contributed by atoms with Gasteiger partial charge in [-0.05, 0) is 72.4 Å². The average Bonchev–Trinajstić information content (AvgIpc) is 2.88. The maximum Gasteiger partial charge on any atom is 0.170 e. The van der Waals surface area contributed by atoms with Crippen molar-refractivity contribution in [1.82, 2.24) is 9.97 Å². The van der Waals surface area contributed by atoms with Crippen molar-refractivity contribution in [2.75, 3.05) is 23.3 Å². The van der Waals surface area contributed by atoms with E-state index in [1.165, 1.54) is 6.07 Å². The van der Waals surface area contributed by atoms with Gasteiger partial charge in [0, 0.05) is 30.7 Å². The Morgan fingerprint density at radius 1 is 1.14 bits per heavy atom. The van der Waals surface area contributed by atoms with E-state index in [1.54, 1.807) is 6.07 Å². The van der Waals surface area contributed by atoms with Crippen LogP contribution in [0.4, 0.5) is 21.6 Å². The summed E-state index contributed by atoms with van der Waals surface area (Å²) in [5, 5.41) is 14.2. The SMILES string of the molecule is CCCc1cnc2ccc(-c3cc(F)c(O)c(Cl)c3)cc2c1Nc1ccc(N2CCCC(N)C2)nc1. The van der Waals surface area contributed by atoms with Crippen molar-refractivity contribution >= 4 is 39.7 Å². The predicted octanol–water partition coefficient (Wildman–Crippen LogP) is 6.42. The fraction of sp³-hybridized carbons (Fsp3) is 0.286. The summed E-state index contributed by atoms with van der Waals surface area (Å²) in [6, 6.07) is 12.8. The Bertz CT molecular complexity index is 1370. The lowest BCUT2D eigenvalue weighted by Crippen LogP contribution is -2.43. The summed E-state index contributed by atoms with van der Waals surface area (Å²) in [5.41, 5.74) is 11.2. The summed E-state index contributed by atoms with van der Waals surface area (Å²) in [6.07, 6.45) is 7.69. The number of halogens is 2. The molecule has 186 valence electrons. The van der Waals surface area contributed by atoms with Crippen LogP contribution in [-0.4, -0.2) is 34.2 Å². The van der Waals surface area contributed by atoms with Gasteiger partial charge in [0.2, 0.25) is 0 Å². The van der Waals surface area contributed by atoms with Crippen LogP contribution in [-0.2, 0) is 6.42 Å². The smallest absolute Gasteiger partial charge is 0.170 e. The van der Waals surface area contributed by atoms with Crippen LogP contribution in [0, 0.1) is 5.82 Å². The lowest BCUT2D eigenvalue weighted by molar-refractivity contribution is 0.433. The van der Waals surface area contributed by atoms with Crippen LogP contribution in [0.25, 0.3) is 22.0 Å². The molecule has 1 aliphatic heterocycles. The number of nitrogens with zero attached hydrogens (tertiary/aromatic N) is 3. The number of aromatic nitrogens is 2. The number of piperidine rings is 1. The van der Waals surface area contributed by atoms with Gasteiger partial charge in [0.15, 0.2) is 11.6 Å². The van der Waals surface area contributed by atoms with Crippen LogP contribution in [0.3, 0.4) is 0 Å². The molecule has 36 heavy (non-hydrogen) atoms. The molecule has 4 aromatic rings. The highest BCUT2D eigenvalue weighted by Crippen LogP contribution is 2.36. The van der Waals surface area contributed by atoms with Gasteiger partial charge in [0.1, 0.15) is 5.82 Å². The van der Waals surface area contributed by atoms with Crippen molar-refractivity contribution in [3.63, 3.8) is 0 Å². The second-order valence-corrected chi connectivity index (χ2v) is 9.71. The Morgan fingerprint density at radius 3 is 2.72 bits per heavy atom. The van der Waals surface area contributed by atoms with E-state index in [9.17, 15) is 9.50 Å². The Kier molecular flexibility index (Phi) is 6.94. The van der Waals surface area contributed by atoms with Gasteiger partial charge in [-0.1, -0.05) is 31.0 Å². The molecule has 0 spiro atoms. The molecule has 1 unspecified atom stereocenters. The first-order valence-corrected chi connectivity index (χ1v) is 12.6. The van der Waals surface area contributed by atoms with Crippen molar-refractivity contribution in [2.24, 2.45) is 5.73 Å². The standard InChI is InChI=1S/C28H29ClFN5O/c1-2-4-18-14-32-25-8-6-17(19-12-23(29)28(36)24(30)13-19)11-22(25)27(18)34-21-7-9-26(33-15-21)35-10-3-5-20(31)16-35/h6-9,11-15,20,36H,2-5,10,16,31H2,1H3,(H,32,34). The topological polar surface area (TPSA) is 87.3 Å². The summed E-state index contributed by atoms with van der Waals surface area (Å²) in [7, 11) is 0. The van der Waals surface area contributed by atoms with Crippen LogP contribution in [0.1, 0.15) is 31.7 Å². The molecule has 3 heterocycles. The molecule has 1 fully saturated rings. The zero-order valence-electron chi connectivity index (χ0n) is 20.1. The number of hydrogen-bond donors (Lipinski definition) is 3. The number of phenolic OH excluding ortho intramolecular Hbond substituents is 1. The van der Waals surface area contributed by atoms with Gasteiger partial charge < -0.3 is 21.1 Å². The summed E-state index contributed by atoms with van der Waals surface area (Å²) in [5.74, 6) is -0.370. The quantitative estimate of drug-likeness (QED) is 0.280. The van der Waals surface area contributed by atoms with Gasteiger partial charge in [0.05, 0.1) is 28.1 Å². The van der Waals surface area contributed by atoms with E-state index in [4.69, 9.17) is 22.3 Å². The molecule has 4 N–H and O–H groups in total. The van der Waals surface area contributed by atoms with Crippen molar-refractivity contribution in [3.05, 3.63) is 71.3 Å². The molecular weight excluding hydrogens is 477 g/mol. The second-order valence-electron chi connectivity index (χ2n) is 9.31. The normalized spacial score (nSPS) is 15.9. The molecule has 2 aromatic carbocycles. The highest BCUT2D eigenvalue weighted by Gasteiger charge is 2.18. The van der Waals surface area contributed by atoms with Crippen molar-refractivity contribution in [1.29, 1.82) is 0 Å². The Balaban J connectivity index is 1.52. The first kappa shape index (κ1) is 24.3. The van der Waals surface area contributed by atoms with Crippen molar-refractivity contribution in [3.8, 4) is 16.9 Å². The number of pyridine rings is 2. The number of nitrogens with two attached hydrogens (primary N) is 1. The Labute approximate surface area is 214 Å². The molecule has 5 rings (SSSR count). The minimum absolute atomic E-state index is 0.0258. The number of nitrogens with one attached hydrogen (secondary N) is 1. The van der Waals surface area contributed by atoms with E-state index in [2.05, 4.69) is 22.1 Å². The van der Waals surface area contributed by atoms with Crippen LogP contribution >= 0.6 is 11.6 Å². The number of fused-ring (bicyclic) bond motifs is 1. The Morgan fingerprint density at radius 2 is 2.00 bits per heavy atom. The minimum atomic E-state index is -0.755. The van der Waals surface area contributed by atoms with Crippen LogP contribution in [0.5, 0.6) is 5.75 Å². The molecular formula is C28H29ClFN5O. The number of rotatable bonds is 6. The molecule has 6 nitrogen and oxygen atoms in total. The molecule has 0 aliphatic carbocycles.